The molecule has 0 radical (unpaired) electrons. The molecule has 0 bridgehead atoms. The van der Waals surface area contributed by atoms with Crippen molar-refractivity contribution in [2.45, 2.75) is 13.1 Å². The van der Waals surface area contributed by atoms with Crippen molar-refractivity contribution in [1.82, 2.24) is 9.55 Å². The van der Waals surface area contributed by atoms with Crippen LogP contribution in [0, 0.1) is 0 Å². The molecule has 0 amide bonds. The van der Waals surface area contributed by atoms with E-state index >= 15 is 0 Å². The van der Waals surface area contributed by atoms with E-state index in [-0.39, 0.29) is 0 Å². The topological polar surface area (TPSA) is 43.8 Å². The first-order valence-electron chi connectivity index (χ1n) is 4.84. The largest absolute Gasteiger partial charge is 0.329 e. The first kappa shape index (κ1) is 11.6. The molecular weight excluding hydrogens is 289 g/mol. The summed E-state index contributed by atoms with van der Waals surface area (Å²) in [5, 5.41) is 0.742. The van der Waals surface area contributed by atoms with Gasteiger partial charge in [-0.25, -0.2) is 4.98 Å². The number of hydrogen-bond donors (Lipinski definition) is 1. The quantitative estimate of drug-likeness (QED) is 0.947. The van der Waals surface area contributed by atoms with Gasteiger partial charge in [0, 0.05) is 21.9 Å². The molecule has 2 N–H and O–H groups in total. The van der Waals surface area contributed by atoms with Gasteiger partial charge >= 0.3 is 0 Å². The van der Waals surface area contributed by atoms with Crippen LogP contribution in [-0.4, -0.2) is 9.55 Å². The van der Waals surface area contributed by atoms with Crippen LogP contribution in [0.2, 0.25) is 5.02 Å². The predicted octanol–water partition coefficient (Wildman–Crippen LogP) is 2.81. The zero-order valence-electron chi connectivity index (χ0n) is 8.53. The van der Waals surface area contributed by atoms with Crippen LogP contribution in [0.25, 0.3) is 0 Å². The molecule has 0 saturated carbocycles. The van der Waals surface area contributed by atoms with Crippen molar-refractivity contribution in [3.8, 4) is 0 Å². The summed E-state index contributed by atoms with van der Waals surface area (Å²) in [7, 11) is 0. The minimum atomic E-state index is 0.432. The Balaban J connectivity index is 2.27. The number of benzene rings is 1. The normalized spacial score (nSPS) is 10.7. The zero-order chi connectivity index (χ0) is 11.5. The fraction of sp³-hybridized carbons (Fsp3) is 0.182. The molecule has 0 aliphatic rings. The van der Waals surface area contributed by atoms with E-state index in [2.05, 4.69) is 20.9 Å². The van der Waals surface area contributed by atoms with Crippen LogP contribution in [0.5, 0.6) is 0 Å². The Morgan fingerprint density at radius 3 is 2.94 bits per heavy atom. The van der Waals surface area contributed by atoms with E-state index in [1.54, 1.807) is 6.20 Å². The Bertz CT molecular complexity index is 496. The van der Waals surface area contributed by atoms with E-state index in [1.807, 2.05) is 29.0 Å². The highest BCUT2D eigenvalue weighted by Crippen LogP contribution is 2.22. The summed E-state index contributed by atoms with van der Waals surface area (Å²) in [6.45, 7) is 1.12. The first-order valence-corrected chi connectivity index (χ1v) is 6.02. The van der Waals surface area contributed by atoms with Crippen molar-refractivity contribution < 1.29 is 0 Å². The molecule has 2 aromatic rings. The standard InChI is InChI=1S/C11H11BrClN3/c12-9-2-1-8(10(13)5-9)7-16-4-3-15-11(16)6-14/h1-5H,6-7,14H2. The molecule has 1 heterocycles. The SMILES string of the molecule is NCc1nccn1Cc1ccc(Br)cc1Cl. The Hall–Kier alpha value is -0.840. The Labute approximate surface area is 107 Å². The van der Waals surface area contributed by atoms with E-state index in [0.717, 1.165) is 20.9 Å². The summed E-state index contributed by atoms with van der Waals surface area (Å²) >= 11 is 9.53. The molecule has 2 rings (SSSR count). The number of rotatable bonds is 3. The van der Waals surface area contributed by atoms with Crippen molar-refractivity contribution in [2.24, 2.45) is 5.73 Å². The van der Waals surface area contributed by atoms with Gasteiger partial charge in [0.15, 0.2) is 0 Å². The number of halogens is 2. The molecule has 0 saturated heterocycles. The molecule has 0 aliphatic heterocycles. The molecule has 0 spiro atoms. The Morgan fingerprint density at radius 2 is 2.25 bits per heavy atom. The maximum absolute atomic E-state index is 6.15. The number of hydrogen-bond acceptors (Lipinski definition) is 2. The number of nitrogens with two attached hydrogens (primary N) is 1. The van der Waals surface area contributed by atoms with Gasteiger partial charge in [0.05, 0.1) is 13.1 Å². The molecule has 0 fully saturated rings. The Morgan fingerprint density at radius 1 is 1.44 bits per heavy atom. The molecular formula is C11H11BrClN3. The van der Waals surface area contributed by atoms with Crippen molar-refractivity contribution in [3.05, 3.63) is 51.5 Å². The average Bonchev–Trinajstić information content (AvgIpc) is 2.69. The fourth-order valence-corrected chi connectivity index (χ4v) is 2.24. The van der Waals surface area contributed by atoms with Gasteiger partial charge in [-0.05, 0) is 17.7 Å². The van der Waals surface area contributed by atoms with Gasteiger partial charge in [-0.15, -0.1) is 0 Å². The molecule has 84 valence electrons. The van der Waals surface area contributed by atoms with Gasteiger partial charge in [-0.1, -0.05) is 33.6 Å². The third-order valence-electron chi connectivity index (χ3n) is 2.34. The third-order valence-corrected chi connectivity index (χ3v) is 3.19. The van der Waals surface area contributed by atoms with Gasteiger partial charge in [-0.3, -0.25) is 0 Å². The lowest BCUT2D eigenvalue weighted by atomic mass is 10.2. The van der Waals surface area contributed by atoms with Crippen molar-refractivity contribution in [3.63, 3.8) is 0 Å². The maximum atomic E-state index is 6.15. The highest BCUT2D eigenvalue weighted by molar-refractivity contribution is 9.10. The van der Waals surface area contributed by atoms with E-state index < -0.39 is 0 Å². The second kappa shape index (κ2) is 4.99. The molecule has 0 atom stereocenters. The van der Waals surface area contributed by atoms with E-state index in [4.69, 9.17) is 17.3 Å². The number of imidazole rings is 1. The summed E-state index contributed by atoms with van der Waals surface area (Å²) in [5.41, 5.74) is 6.64. The summed E-state index contributed by atoms with van der Waals surface area (Å²) in [6, 6.07) is 5.85. The van der Waals surface area contributed by atoms with Crippen LogP contribution < -0.4 is 5.73 Å². The lowest BCUT2D eigenvalue weighted by Crippen LogP contribution is -2.09. The van der Waals surface area contributed by atoms with Gasteiger partial charge in [0.25, 0.3) is 0 Å². The van der Waals surface area contributed by atoms with Gasteiger partial charge in [0.2, 0.25) is 0 Å². The van der Waals surface area contributed by atoms with Gasteiger partial charge < -0.3 is 10.3 Å². The van der Waals surface area contributed by atoms with Crippen LogP contribution in [0.15, 0.2) is 35.1 Å². The van der Waals surface area contributed by atoms with Crippen LogP contribution in [-0.2, 0) is 13.1 Å². The van der Waals surface area contributed by atoms with E-state index in [9.17, 15) is 0 Å². The van der Waals surface area contributed by atoms with Gasteiger partial charge in [-0.2, -0.15) is 0 Å². The lowest BCUT2D eigenvalue weighted by molar-refractivity contribution is 0.724. The lowest BCUT2D eigenvalue weighted by Gasteiger charge is -2.08. The number of aromatic nitrogens is 2. The summed E-state index contributed by atoms with van der Waals surface area (Å²) < 4.78 is 2.97. The van der Waals surface area contributed by atoms with Gasteiger partial charge in [0.1, 0.15) is 5.82 Å². The molecule has 3 nitrogen and oxygen atoms in total. The highest BCUT2D eigenvalue weighted by Gasteiger charge is 2.05. The monoisotopic (exact) mass is 299 g/mol. The van der Waals surface area contributed by atoms with Crippen LogP contribution in [0.3, 0.4) is 0 Å². The van der Waals surface area contributed by atoms with Crippen molar-refractivity contribution >= 4 is 27.5 Å². The molecule has 5 heteroatoms. The molecule has 1 aromatic heterocycles. The van der Waals surface area contributed by atoms with Crippen LogP contribution >= 0.6 is 27.5 Å². The Kier molecular flexibility index (Phi) is 3.63. The summed E-state index contributed by atoms with van der Waals surface area (Å²) in [6.07, 6.45) is 3.65. The zero-order valence-corrected chi connectivity index (χ0v) is 10.9. The highest BCUT2D eigenvalue weighted by atomic mass is 79.9. The smallest absolute Gasteiger partial charge is 0.122 e. The fourth-order valence-electron chi connectivity index (χ4n) is 1.51. The number of nitrogens with zero attached hydrogens (tertiary/aromatic N) is 2. The molecule has 1 aromatic carbocycles. The molecule has 0 aliphatic carbocycles. The second-order valence-electron chi connectivity index (χ2n) is 3.41. The van der Waals surface area contributed by atoms with Crippen LogP contribution in [0.1, 0.15) is 11.4 Å². The van der Waals surface area contributed by atoms with E-state index in [0.29, 0.717) is 13.1 Å². The maximum Gasteiger partial charge on any atom is 0.122 e. The van der Waals surface area contributed by atoms with Crippen LogP contribution in [0.4, 0.5) is 0 Å². The second-order valence-corrected chi connectivity index (χ2v) is 4.73. The van der Waals surface area contributed by atoms with Crippen molar-refractivity contribution in [1.29, 1.82) is 0 Å². The average molecular weight is 301 g/mol. The minimum Gasteiger partial charge on any atom is -0.329 e. The van der Waals surface area contributed by atoms with E-state index in [1.165, 1.54) is 0 Å². The molecule has 0 unspecified atom stereocenters. The first-order chi connectivity index (χ1) is 7.70. The third kappa shape index (κ3) is 2.45. The van der Waals surface area contributed by atoms with Crippen molar-refractivity contribution in [2.75, 3.05) is 0 Å². The molecule has 16 heavy (non-hydrogen) atoms. The minimum absolute atomic E-state index is 0.432. The summed E-state index contributed by atoms with van der Waals surface area (Å²) in [5.74, 6) is 0.860. The summed E-state index contributed by atoms with van der Waals surface area (Å²) in [4.78, 5) is 4.16. The predicted molar refractivity (Wildman–Crippen MR) is 68.4 cm³/mol.